The van der Waals surface area contributed by atoms with Crippen LogP contribution in [-0.4, -0.2) is 36.2 Å². The summed E-state index contributed by atoms with van der Waals surface area (Å²) in [6.07, 6.45) is -2.21. The largest absolute Gasteiger partial charge is 0.416 e. The predicted octanol–water partition coefficient (Wildman–Crippen LogP) is 4.02. The van der Waals surface area contributed by atoms with Gasteiger partial charge >= 0.3 is 12.0 Å². The molecule has 2 aromatic rings. The summed E-state index contributed by atoms with van der Waals surface area (Å²) in [6, 6.07) is 8.18. The van der Waals surface area contributed by atoms with E-state index in [1.165, 1.54) is 24.4 Å². The Hall–Kier alpha value is -2.68. The molecule has 2 heterocycles. The lowest BCUT2D eigenvalue weighted by Crippen LogP contribution is -2.32. The van der Waals surface area contributed by atoms with Gasteiger partial charge in [-0.15, -0.1) is 0 Å². The molecule has 1 aliphatic rings. The van der Waals surface area contributed by atoms with Crippen LogP contribution >= 0.6 is 0 Å². The third kappa shape index (κ3) is 4.19. The molecule has 27 heavy (non-hydrogen) atoms. The third-order valence-corrected chi connectivity index (χ3v) is 4.73. The molecule has 1 aromatic heterocycles. The van der Waals surface area contributed by atoms with E-state index in [9.17, 15) is 23.3 Å². The van der Waals surface area contributed by atoms with Gasteiger partial charge in [-0.25, -0.2) is 0 Å². The molecule has 1 unspecified atom stereocenters. The monoisotopic (exact) mass is 381 g/mol. The number of nitro groups is 1. The lowest BCUT2D eigenvalue weighted by atomic mass is 9.95. The normalized spacial score (nSPS) is 20.1. The number of hydrogen-bond donors (Lipinski definition) is 0. The van der Waals surface area contributed by atoms with Crippen molar-refractivity contribution in [3.05, 3.63) is 63.8 Å². The minimum absolute atomic E-state index is 0.00514. The van der Waals surface area contributed by atoms with Crippen molar-refractivity contribution in [3.63, 3.8) is 0 Å². The highest BCUT2D eigenvalue weighted by Crippen LogP contribution is 2.37. The van der Waals surface area contributed by atoms with Crippen molar-refractivity contribution in [3.8, 4) is 0 Å². The number of ether oxygens (including phenoxy) is 1. The fourth-order valence-corrected chi connectivity index (χ4v) is 3.43. The third-order valence-electron chi connectivity index (χ3n) is 4.73. The van der Waals surface area contributed by atoms with E-state index in [0.717, 1.165) is 23.4 Å². The van der Waals surface area contributed by atoms with Gasteiger partial charge in [-0.05, 0) is 40.1 Å². The Morgan fingerprint density at radius 2 is 1.96 bits per heavy atom. The molecule has 1 aliphatic heterocycles. The van der Waals surface area contributed by atoms with E-state index in [1.54, 1.807) is 13.2 Å². The van der Waals surface area contributed by atoms with E-state index in [-0.39, 0.29) is 17.8 Å². The summed E-state index contributed by atoms with van der Waals surface area (Å²) in [5, 5.41) is 10.8. The van der Waals surface area contributed by atoms with Crippen LogP contribution in [0.2, 0.25) is 0 Å². The number of nitrogens with zero attached hydrogens (tertiary/aromatic N) is 3. The Balaban J connectivity index is 1.81. The van der Waals surface area contributed by atoms with Crippen LogP contribution in [0.25, 0.3) is 0 Å². The number of pyridine rings is 1. The van der Waals surface area contributed by atoms with E-state index in [1.807, 2.05) is 4.90 Å². The van der Waals surface area contributed by atoms with Crippen molar-refractivity contribution < 1.29 is 22.8 Å². The minimum Gasteiger partial charge on any atom is -0.383 e. The zero-order valence-corrected chi connectivity index (χ0v) is 14.5. The van der Waals surface area contributed by atoms with E-state index in [4.69, 9.17) is 4.74 Å². The zero-order chi connectivity index (χ0) is 19.6. The van der Waals surface area contributed by atoms with Crippen molar-refractivity contribution in [1.82, 2.24) is 4.98 Å². The molecule has 1 fully saturated rings. The molecule has 0 N–H and O–H groups in total. The van der Waals surface area contributed by atoms with Gasteiger partial charge in [0.25, 0.3) is 0 Å². The van der Waals surface area contributed by atoms with Crippen LogP contribution in [0.5, 0.6) is 0 Å². The summed E-state index contributed by atoms with van der Waals surface area (Å²) < 4.78 is 43.5. The molecule has 3 rings (SSSR count). The van der Waals surface area contributed by atoms with Gasteiger partial charge in [0.15, 0.2) is 6.20 Å². The first kappa shape index (κ1) is 19.1. The summed E-state index contributed by atoms with van der Waals surface area (Å²) in [5.74, 6) is -0.205. The fraction of sp³-hybridized carbons (Fsp3) is 0.389. The molecule has 1 aromatic carbocycles. The van der Waals surface area contributed by atoms with Crippen molar-refractivity contribution >= 4 is 11.5 Å². The van der Waals surface area contributed by atoms with Crippen LogP contribution in [0.15, 0.2) is 42.6 Å². The van der Waals surface area contributed by atoms with E-state index < -0.39 is 16.7 Å². The quantitative estimate of drug-likeness (QED) is 0.578. The molecule has 2 atom stereocenters. The topological polar surface area (TPSA) is 68.5 Å². The lowest BCUT2D eigenvalue weighted by Gasteiger charge is -2.24. The first-order valence-corrected chi connectivity index (χ1v) is 8.32. The summed E-state index contributed by atoms with van der Waals surface area (Å²) in [7, 11) is 1.58. The fourth-order valence-electron chi connectivity index (χ4n) is 3.43. The molecule has 144 valence electrons. The van der Waals surface area contributed by atoms with Crippen molar-refractivity contribution in [1.29, 1.82) is 0 Å². The maximum absolute atomic E-state index is 12.8. The molecular weight excluding hydrogens is 363 g/mol. The standard InChI is InChI=1S/C18H18F3N3O3/c1-27-11-16-8-13(12-2-4-14(5-3-12)18(19,20)21)10-23(16)15-6-7-17(22-9-15)24(25)26/h2-7,9,13,16H,8,10-11H2,1H3/t13?,16-/m0/s1. The second kappa shape index (κ2) is 7.51. The molecule has 0 radical (unpaired) electrons. The smallest absolute Gasteiger partial charge is 0.383 e. The molecule has 0 saturated carbocycles. The zero-order valence-electron chi connectivity index (χ0n) is 14.5. The summed E-state index contributed by atoms with van der Waals surface area (Å²) >= 11 is 0. The summed E-state index contributed by atoms with van der Waals surface area (Å²) in [4.78, 5) is 16.1. The van der Waals surface area contributed by atoms with Gasteiger partial charge in [0.1, 0.15) is 0 Å². The van der Waals surface area contributed by atoms with Crippen molar-refractivity contribution in [2.24, 2.45) is 0 Å². The number of halogens is 3. The average molecular weight is 381 g/mol. The number of rotatable bonds is 5. The molecular formula is C18H18F3N3O3. The number of methoxy groups -OCH3 is 1. The first-order valence-electron chi connectivity index (χ1n) is 8.32. The van der Waals surface area contributed by atoms with Gasteiger partial charge in [-0.2, -0.15) is 13.2 Å². The second-order valence-electron chi connectivity index (χ2n) is 6.45. The van der Waals surface area contributed by atoms with Gasteiger partial charge in [-0.3, -0.25) is 0 Å². The SMILES string of the molecule is COC[C@@H]1CC(c2ccc(C(F)(F)F)cc2)CN1c1ccc([N+](=O)[O-])nc1. The predicted molar refractivity (Wildman–Crippen MR) is 92.7 cm³/mol. The van der Waals surface area contributed by atoms with E-state index in [2.05, 4.69) is 4.98 Å². The Morgan fingerprint density at radius 3 is 2.48 bits per heavy atom. The average Bonchev–Trinajstić information content (AvgIpc) is 3.05. The molecule has 0 aliphatic carbocycles. The van der Waals surface area contributed by atoms with Crippen LogP contribution in [0, 0.1) is 10.1 Å². The highest BCUT2D eigenvalue weighted by molar-refractivity contribution is 5.50. The maximum atomic E-state index is 12.8. The maximum Gasteiger partial charge on any atom is 0.416 e. The Kier molecular flexibility index (Phi) is 5.31. The first-order chi connectivity index (χ1) is 12.8. The van der Waals surface area contributed by atoms with Gasteiger partial charge in [0.05, 0.1) is 23.9 Å². The highest BCUT2D eigenvalue weighted by Gasteiger charge is 2.35. The Labute approximate surface area is 153 Å². The number of alkyl halides is 3. The molecule has 1 saturated heterocycles. The van der Waals surface area contributed by atoms with Crippen LogP contribution in [0.3, 0.4) is 0 Å². The molecule has 0 spiro atoms. The van der Waals surface area contributed by atoms with Crippen LogP contribution < -0.4 is 4.90 Å². The number of benzene rings is 1. The van der Waals surface area contributed by atoms with Crippen LogP contribution in [-0.2, 0) is 10.9 Å². The lowest BCUT2D eigenvalue weighted by molar-refractivity contribution is -0.389. The number of anilines is 1. The Morgan fingerprint density at radius 1 is 1.26 bits per heavy atom. The Bertz CT molecular complexity index is 794. The second-order valence-corrected chi connectivity index (χ2v) is 6.45. The van der Waals surface area contributed by atoms with Gasteiger partial charge in [0.2, 0.25) is 0 Å². The molecule has 6 nitrogen and oxygen atoms in total. The van der Waals surface area contributed by atoms with Crippen molar-refractivity contribution in [2.75, 3.05) is 25.2 Å². The van der Waals surface area contributed by atoms with Gasteiger partial charge in [0, 0.05) is 25.6 Å². The summed E-state index contributed by atoms with van der Waals surface area (Å²) in [5.41, 5.74) is 0.868. The van der Waals surface area contributed by atoms with E-state index in [0.29, 0.717) is 19.6 Å². The van der Waals surface area contributed by atoms with Crippen molar-refractivity contribution in [2.45, 2.75) is 24.6 Å². The van der Waals surface area contributed by atoms with Gasteiger partial charge < -0.3 is 19.8 Å². The summed E-state index contributed by atoms with van der Waals surface area (Å²) in [6.45, 7) is 1.01. The molecule has 0 amide bonds. The molecule has 9 heteroatoms. The van der Waals surface area contributed by atoms with Crippen LogP contribution in [0.4, 0.5) is 24.7 Å². The highest BCUT2D eigenvalue weighted by atomic mass is 19.4. The van der Waals surface area contributed by atoms with E-state index >= 15 is 0 Å². The number of aromatic nitrogens is 1. The van der Waals surface area contributed by atoms with Gasteiger partial charge in [-0.1, -0.05) is 12.1 Å². The minimum atomic E-state index is -4.36. The van der Waals surface area contributed by atoms with Crippen LogP contribution in [0.1, 0.15) is 23.5 Å². The molecule has 0 bridgehead atoms. The number of hydrogen-bond acceptors (Lipinski definition) is 5.